The highest BCUT2D eigenvalue weighted by Gasteiger charge is 2.56. The molecule has 10 heteroatoms. The fourth-order valence-electron chi connectivity index (χ4n) is 6.67. The lowest BCUT2D eigenvalue weighted by Crippen LogP contribution is -3.00. The number of carbonyl (C=O) groups excluding carboxylic acids is 1. The summed E-state index contributed by atoms with van der Waals surface area (Å²) in [5, 5.41) is 6.39. The standard InChI is InChI=1S/C28H32N4O4.2ClH/c1-18-30-26(36-31-18)23-15-20(19-7-4-3-5-8-19)11-13-32(23)27(33)22-16-29-17-28(22)12-14-35-25-21(28)9-6-10-24(25)34-2;;/h3-10,20,22-23,29H,11-17H2,1-2H3;2*1H/t20?,22-,23-,28-;;/m0../s1. The molecular weight excluding hydrogens is 527 g/mol. The number of rotatable bonds is 4. The van der Waals surface area contributed by atoms with Crippen molar-refractivity contribution >= 4 is 5.91 Å². The monoisotopic (exact) mass is 560 g/mol. The molecule has 6 rings (SSSR count). The highest BCUT2D eigenvalue weighted by Crippen LogP contribution is 2.49. The van der Waals surface area contributed by atoms with E-state index in [4.69, 9.17) is 14.0 Å². The zero-order valence-corrected chi connectivity index (χ0v) is 23.2. The van der Waals surface area contributed by atoms with Crippen LogP contribution in [0.5, 0.6) is 11.5 Å². The smallest absolute Gasteiger partial charge is 0.343 e. The number of fused-ring (bicyclic) bond motifs is 2. The molecule has 3 aromatic rings. The van der Waals surface area contributed by atoms with E-state index >= 15 is 0 Å². The van der Waals surface area contributed by atoms with Gasteiger partial charge in [0.15, 0.2) is 16.7 Å². The molecule has 2 saturated heterocycles. The van der Waals surface area contributed by atoms with Gasteiger partial charge in [-0.1, -0.05) is 42.5 Å². The normalized spacial score (nSPS) is 26.1. The molecule has 1 unspecified atom stereocenters. The van der Waals surface area contributed by atoms with Gasteiger partial charge in [-0.25, -0.2) is 9.51 Å². The van der Waals surface area contributed by atoms with Gasteiger partial charge in [0.1, 0.15) is 12.0 Å². The van der Waals surface area contributed by atoms with Crippen molar-refractivity contribution < 1.29 is 53.9 Å². The average molecular weight is 562 g/mol. The lowest BCUT2D eigenvalue weighted by Gasteiger charge is -2.42. The SMILES string of the molecule is COc1cccc2c1OCC[C@]21C[NH2+]C[C@H]1C(=O)N1CCC(c2ccccc2)C[C@H]1c1[nH+]c(C)no1.[Cl-].[Cl-]. The maximum absolute atomic E-state index is 14.4. The number of methoxy groups -OCH3 is 1. The second-order valence-electron chi connectivity index (χ2n) is 10.3. The third-order valence-corrected chi connectivity index (χ3v) is 8.45. The number of hydrogen-bond donors (Lipinski definition) is 1. The number of ether oxygens (including phenoxy) is 2. The van der Waals surface area contributed by atoms with E-state index in [0.29, 0.717) is 25.0 Å². The predicted octanol–water partition coefficient (Wildman–Crippen LogP) is -3.83. The Hall–Kier alpha value is -2.81. The van der Waals surface area contributed by atoms with E-state index in [0.717, 1.165) is 55.2 Å². The molecule has 3 N–H and O–H groups in total. The molecule has 8 nitrogen and oxygen atoms in total. The Morgan fingerprint density at radius 2 is 2.00 bits per heavy atom. The summed E-state index contributed by atoms with van der Waals surface area (Å²) in [6.45, 7) is 4.78. The summed E-state index contributed by atoms with van der Waals surface area (Å²) >= 11 is 0. The topological polar surface area (TPSA) is 95.6 Å². The number of para-hydroxylation sites is 1. The lowest BCUT2D eigenvalue weighted by molar-refractivity contribution is -0.640. The van der Waals surface area contributed by atoms with Crippen LogP contribution in [0.15, 0.2) is 53.1 Å². The number of carbonyl (C=O) groups is 1. The number of likely N-dealkylation sites (tertiary alicyclic amines) is 1. The molecule has 0 radical (unpaired) electrons. The Morgan fingerprint density at radius 3 is 2.74 bits per heavy atom. The highest BCUT2D eigenvalue weighted by atomic mass is 35.5. The molecule has 2 fully saturated rings. The van der Waals surface area contributed by atoms with Gasteiger partial charge in [-0.05, 0) is 36.8 Å². The van der Waals surface area contributed by atoms with E-state index in [-0.39, 0.29) is 48.1 Å². The van der Waals surface area contributed by atoms with Crippen LogP contribution in [0.3, 0.4) is 0 Å². The molecule has 4 heterocycles. The van der Waals surface area contributed by atoms with E-state index in [1.807, 2.05) is 25.1 Å². The third-order valence-electron chi connectivity index (χ3n) is 8.45. The van der Waals surface area contributed by atoms with E-state index < -0.39 is 0 Å². The number of piperidine rings is 1. The first-order valence-electron chi connectivity index (χ1n) is 12.9. The van der Waals surface area contributed by atoms with Gasteiger partial charge in [0.25, 0.3) is 0 Å². The summed E-state index contributed by atoms with van der Waals surface area (Å²) in [5.74, 6) is 3.31. The van der Waals surface area contributed by atoms with Gasteiger partial charge in [0, 0.05) is 19.0 Å². The minimum absolute atomic E-state index is 0. The number of benzene rings is 2. The van der Waals surface area contributed by atoms with Crippen molar-refractivity contribution in [3.63, 3.8) is 0 Å². The Balaban J connectivity index is 0.00000168. The number of amides is 1. The molecule has 204 valence electrons. The van der Waals surface area contributed by atoms with E-state index in [1.54, 1.807) is 7.11 Å². The maximum Gasteiger partial charge on any atom is 0.343 e. The highest BCUT2D eigenvalue weighted by molar-refractivity contribution is 5.82. The molecule has 0 aliphatic carbocycles. The number of hydrogen-bond acceptors (Lipinski definition) is 5. The summed E-state index contributed by atoms with van der Waals surface area (Å²) in [6, 6.07) is 16.5. The van der Waals surface area contributed by atoms with E-state index in [1.165, 1.54) is 5.56 Å². The number of H-pyrrole nitrogens is 1. The van der Waals surface area contributed by atoms with Crippen molar-refractivity contribution in [1.29, 1.82) is 0 Å². The largest absolute Gasteiger partial charge is 1.00 e. The number of nitrogens with two attached hydrogens (primary N) is 1. The molecule has 1 amide bonds. The number of quaternary nitrogens is 1. The van der Waals surface area contributed by atoms with Gasteiger partial charge in [0.05, 0.1) is 32.2 Å². The van der Waals surface area contributed by atoms with Crippen LogP contribution in [0.2, 0.25) is 0 Å². The van der Waals surface area contributed by atoms with Crippen LogP contribution in [-0.2, 0) is 10.2 Å². The number of aryl methyl sites for hydroxylation is 1. The number of aromatic nitrogens is 2. The first kappa shape index (κ1) is 28.2. The number of aromatic amines is 1. The van der Waals surface area contributed by atoms with E-state index in [2.05, 4.69) is 50.7 Å². The van der Waals surface area contributed by atoms with Crippen molar-refractivity contribution in [2.75, 3.05) is 33.4 Å². The van der Waals surface area contributed by atoms with Gasteiger partial charge < -0.3 is 44.5 Å². The van der Waals surface area contributed by atoms with Crippen LogP contribution in [-0.4, -0.2) is 49.3 Å². The zero-order valence-electron chi connectivity index (χ0n) is 21.7. The van der Waals surface area contributed by atoms with Crippen LogP contribution in [0.4, 0.5) is 0 Å². The fraction of sp³-hybridized carbons (Fsp3) is 0.464. The van der Waals surface area contributed by atoms with Crippen LogP contribution in [0.1, 0.15) is 54.1 Å². The van der Waals surface area contributed by atoms with Gasteiger partial charge in [0.2, 0.25) is 5.91 Å². The first-order chi connectivity index (χ1) is 17.6. The molecule has 3 aliphatic heterocycles. The summed E-state index contributed by atoms with van der Waals surface area (Å²) in [4.78, 5) is 19.8. The lowest BCUT2D eigenvalue weighted by atomic mass is 9.68. The fourth-order valence-corrected chi connectivity index (χ4v) is 6.67. The first-order valence-corrected chi connectivity index (χ1v) is 12.9. The van der Waals surface area contributed by atoms with Crippen molar-refractivity contribution in [2.45, 2.75) is 43.6 Å². The van der Waals surface area contributed by atoms with Crippen molar-refractivity contribution in [3.05, 3.63) is 71.4 Å². The molecule has 1 spiro atoms. The van der Waals surface area contributed by atoms with Gasteiger partial charge in [-0.2, -0.15) is 0 Å². The molecule has 0 saturated carbocycles. The molecule has 4 atom stereocenters. The number of halogens is 2. The van der Waals surface area contributed by atoms with Gasteiger partial charge in [-0.15, -0.1) is 0 Å². The Bertz CT molecular complexity index is 1260. The second kappa shape index (κ2) is 11.5. The van der Waals surface area contributed by atoms with Crippen molar-refractivity contribution in [1.82, 2.24) is 10.1 Å². The number of nitrogens with one attached hydrogen (secondary N) is 1. The zero-order chi connectivity index (χ0) is 24.7. The summed E-state index contributed by atoms with van der Waals surface area (Å²) in [5.41, 5.74) is 2.13. The Kier molecular flexibility index (Phi) is 8.55. The molecule has 1 aromatic heterocycles. The summed E-state index contributed by atoms with van der Waals surface area (Å²) in [6.07, 6.45) is 2.55. The average Bonchev–Trinajstić information content (AvgIpc) is 3.55. The molecule has 0 bridgehead atoms. The summed E-state index contributed by atoms with van der Waals surface area (Å²) in [7, 11) is 1.67. The van der Waals surface area contributed by atoms with Crippen LogP contribution in [0, 0.1) is 12.8 Å². The number of nitrogens with zero attached hydrogens (tertiary/aromatic N) is 2. The minimum Gasteiger partial charge on any atom is -1.00 e. The molecule has 2 aromatic carbocycles. The van der Waals surface area contributed by atoms with Crippen LogP contribution < -0.4 is 44.6 Å². The minimum atomic E-state index is -0.277. The van der Waals surface area contributed by atoms with E-state index in [9.17, 15) is 4.79 Å². The Morgan fingerprint density at radius 1 is 1.18 bits per heavy atom. The second-order valence-corrected chi connectivity index (χ2v) is 10.3. The van der Waals surface area contributed by atoms with Crippen LogP contribution >= 0.6 is 0 Å². The van der Waals surface area contributed by atoms with Gasteiger partial charge in [-0.3, -0.25) is 4.79 Å². The molecular formula is C28H34Cl2N4O4. The third kappa shape index (κ3) is 4.74. The molecule has 38 heavy (non-hydrogen) atoms. The maximum atomic E-state index is 14.4. The van der Waals surface area contributed by atoms with Crippen LogP contribution in [0.25, 0.3) is 0 Å². The molecule has 3 aliphatic rings. The summed E-state index contributed by atoms with van der Waals surface area (Å²) < 4.78 is 17.4. The quantitative estimate of drug-likeness (QED) is 0.353. The Labute approximate surface area is 235 Å². The predicted molar refractivity (Wildman–Crippen MR) is 131 cm³/mol. The van der Waals surface area contributed by atoms with Crippen molar-refractivity contribution in [3.8, 4) is 11.5 Å². The van der Waals surface area contributed by atoms with Gasteiger partial charge >= 0.3 is 11.7 Å². The van der Waals surface area contributed by atoms with Crippen molar-refractivity contribution in [2.24, 2.45) is 5.92 Å².